The molecular formula is C20H16FNO. The Balaban J connectivity index is 1.69. The highest BCUT2D eigenvalue weighted by Gasteiger charge is 2.11. The van der Waals surface area contributed by atoms with Crippen LogP contribution in [-0.2, 0) is 13.5 Å². The molecule has 0 aliphatic carbocycles. The number of aromatic nitrogens is 1. The van der Waals surface area contributed by atoms with Crippen LogP contribution in [-0.4, -0.2) is 4.57 Å². The molecule has 2 heterocycles. The molecule has 114 valence electrons. The average Bonchev–Trinajstić information content (AvgIpc) is 3.14. The molecule has 0 radical (unpaired) electrons. The maximum Gasteiger partial charge on any atom is 0.134 e. The summed E-state index contributed by atoms with van der Waals surface area (Å²) < 4.78 is 21.5. The van der Waals surface area contributed by atoms with Crippen LogP contribution >= 0.6 is 0 Å². The molecule has 2 nitrogen and oxygen atoms in total. The van der Waals surface area contributed by atoms with Crippen LogP contribution in [0.3, 0.4) is 0 Å². The summed E-state index contributed by atoms with van der Waals surface area (Å²) in [5.41, 5.74) is 3.15. The molecule has 0 saturated heterocycles. The molecular weight excluding hydrogens is 289 g/mol. The standard InChI is InChI=1S/C20H16FNO/c1-22-13-15(18-12-16(21)7-9-19(18)22)11-17-8-10-20(23-17)14-5-3-2-4-6-14/h2-10,12-13H,11H2,1H3. The lowest BCUT2D eigenvalue weighted by Crippen LogP contribution is -1.84. The highest BCUT2D eigenvalue weighted by atomic mass is 19.1. The number of halogens is 1. The average molecular weight is 305 g/mol. The van der Waals surface area contributed by atoms with Gasteiger partial charge in [-0.05, 0) is 35.9 Å². The first-order chi connectivity index (χ1) is 11.2. The monoisotopic (exact) mass is 305 g/mol. The maximum absolute atomic E-state index is 13.6. The van der Waals surface area contributed by atoms with Gasteiger partial charge in [-0.15, -0.1) is 0 Å². The Hall–Kier alpha value is -2.81. The van der Waals surface area contributed by atoms with Crippen molar-refractivity contribution in [2.24, 2.45) is 7.05 Å². The van der Waals surface area contributed by atoms with Crippen molar-refractivity contribution in [1.82, 2.24) is 4.57 Å². The molecule has 0 unspecified atom stereocenters. The number of benzene rings is 2. The van der Waals surface area contributed by atoms with Gasteiger partial charge in [0.25, 0.3) is 0 Å². The van der Waals surface area contributed by atoms with Crippen molar-refractivity contribution >= 4 is 10.9 Å². The van der Waals surface area contributed by atoms with E-state index in [4.69, 9.17) is 4.42 Å². The third-order valence-electron chi connectivity index (χ3n) is 4.12. The van der Waals surface area contributed by atoms with Gasteiger partial charge in [-0.2, -0.15) is 0 Å². The molecule has 0 aliphatic heterocycles. The van der Waals surface area contributed by atoms with Crippen LogP contribution in [0.1, 0.15) is 11.3 Å². The van der Waals surface area contributed by atoms with Gasteiger partial charge in [0.2, 0.25) is 0 Å². The van der Waals surface area contributed by atoms with Gasteiger partial charge >= 0.3 is 0 Å². The summed E-state index contributed by atoms with van der Waals surface area (Å²) in [6.45, 7) is 0. The van der Waals surface area contributed by atoms with E-state index in [-0.39, 0.29) is 5.82 Å². The summed E-state index contributed by atoms with van der Waals surface area (Å²) in [5.74, 6) is 1.52. The van der Waals surface area contributed by atoms with E-state index in [2.05, 4.69) is 0 Å². The lowest BCUT2D eigenvalue weighted by atomic mass is 10.1. The third-order valence-corrected chi connectivity index (χ3v) is 4.12. The van der Waals surface area contributed by atoms with Gasteiger partial charge < -0.3 is 8.98 Å². The van der Waals surface area contributed by atoms with E-state index < -0.39 is 0 Å². The van der Waals surface area contributed by atoms with Gasteiger partial charge in [0.05, 0.1) is 0 Å². The van der Waals surface area contributed by atoms with Gasteiger partial charge in [-0.1, -0.05) is 30.3 Å². The van der Waals surface area contributed by atoms with Crippen molar-refractivity contribution in [3.63, 3.8) is 0 Å². The van der Waals surface area contributed by atoms with Gasteiger partial charge in [0.15, 0.2) is 0 Å². The second-order valence-corrected chi connectivity index (χ2v) is 5.74. The van der Waals surface area contributed by atoms with Crippen LogP contribution in [0.2, 0.25) is 0 Å². The molecule has 0 saturated carbocycles. The summed E-state index contributed by atoms with van der Waals surface area (Å²) in [6.07, 6.45) is 2.68. The minimum Gasteiger partial charge on any atom is -0.461 e. The highest BCUT2D eigenvalue weighted by molar-refractivity contribution is 5.84. The highest BCUT2D eigenvalue weighted by Crippen LogP contribution is 2.27. The quantitative estimate of drug-likeness (QED) is 0.511. The summed E-state index contributed by atoms with van der Waals surface area (Å²) in [6, 6.07) is 18.9. The number of rotatable bonds is 3. The fourth-order valence-electron chi connectivity index (χ4n) is 3.00. The molecule has 0 amide bonds. The van der Waals surface area contributed by atoms with Crippen LogP contribution in [0.5, 0.6) is 0 Å². The van der Waals surface area contributed by atoms with Crippen molar-refractivity contribution in [3.8, 4) is 11.3 Å². The van der Waals surface area contributed by atoms with Crippen LogP contribution < -0.4 is 0 Å². The normalized spacial score (nSPS) is 11.2. The Labute approximate surface area is 133 Å². The lowest BCUT2D eigenvalue weighted by Gasteiger charge is -1.98. The molecule has 4 rings (SSSR count). The minimum atomic E-state index is -0.214. The second-order valence-electron chi connectivity index (χ2n) is 5.74. The summed E-state index contributed by atoms with van der Waals surface area (Å²) in [7, 11) is 1.97. The van der Waals surface area contributed by atoms with Crippen LogP contribution in [0, 0.1) is 5.82 Å². The predicted octanol–water partition coefficient (Wildman–Crippen LogP) is 5.17. The molecule has 0 fully saturated rings. The van der Waals surface area contributed by atoms with E-state index in [9.17, 15) is 4.39 Å². The van der Waals surface area contributed by atoms with E-state index in [1.54, 1.807) is 6.07 Å². The first kappa shape index (κ1) is 13.8. The second kappa shape index (κ2) is 5.43. The van der Waals surface area contributed by atoms with E-state index in [1.165, 1.54) is 6.07 Å². The molecule has 23 heavy (non-hydrogen) atoms. The van der Waals surface area contributed by atoms with Gasteiger partial charge in [-0.25, -0.2) is 4.39 Å². The van der Waals surface area contributed by atoms with Gasteiger partial charge in [-0.3, -0.25) is 0 Å². The first-order valence-corrected chi connectivity index (χ1v) is 7.58. The summed E-state index contributed by atoms with van der Waals surface area (Å²) in [5, 5.41) is 0.935. The molecule has 3 heteroatoms. The molecule has 2 aromatic heterocycles. The van der Waals surface area contributed by atoms with Crippen molar-refractivity contribution < 1.29 is 8.81 Å². The molecule has 0 bridgehead atoms. The molecule has 0 N–H and O–H groups in total. The Morgan fingerprint density at radius 2 is 1.83 bits per heavy atom. The number of hydrogen-bond acceptors (Lipinski definition) is 1. The van der Waals surface area contributed by atoms with Gasteiger partial charge in [0, 0.05) is 36.1 Å². The zero-order valence-electron chi connectivity index (χ0n) is 12.8. The topological polar surface area (TPSA) is 18.1 Å². The van der Waals surface area contributed by atoms with Gasteiger partial charge in [0.1, 0.15) is 17.3 Å². The van der Waals surface area contributed by atoms with Crippen molar-refractivity contribution in [3.05, 3.63) is 84.0 Å². The number of aryl methyl sites for hydroxylation is 1. The third kappa shape index (κ3) is 2.55. The maximum atomic E-state index is 13.6. The largest absolute Gasteiger partial charge is 0.461 e. The van der Waals surface area contributed by atoms with E-state index >= 15 is 0 Å². The summed E-state index contributed by atoms with van der Waals surface area (Å²) >= 11 is 0. The van der Waals surface area contributed by atoms with Crippen molar-refractivity contribution in [1.29, 1.82) is 0 Å². The first-order valence-electron chi connectivity index (χ1n) is 7.58. The Morgan fingerprint density at radius 1 is 1.00 bits per heavy atom. The Bertz CT molecular complexity index is 966. The smallest absolute Gasteiger partial charge is 0.134 e. The van der Waals surface area contributed by atoms with Crippen molar-refractivity contribution in [2.75, 3.05) is 0 Å². The number of nitrogens with zero attached hydrogens (tertiary/aromatic N) is 1. The number of hydrogen-bond donors (Lipinski definition) is 0. The van der Waals surface area contributed by atoms with E-state index in [0.29, 0.717) is 6.42 Å². The predicted molar refractivity (Wildman–Crippen MR) is 89.8 cm³/mol. The molecule has 0 aliphatic rings. The zero-order valence-corrected chi connectivity index (χ0v) is 12.8. The fraction of sp³-hybridized carbons (Fsp3) is 0.100. The minimum absolute atomic E-state index is 0.214. The number of fused-ring (bicyclic) bond motifs is 1. The zero-order chi connectivity index (χ0) is 15.8. The van der Waals surface area contributed by atoms with Crippen LogP contribution in [0.15, 0.2) is 71.3 Å². The fourth-order valence-corrected chi connectivity index (χ4v) is 3.00. The number of furan rings is 1. The molecule has 4 aromatic rings. The van der Waals surface area contributed by atoms with Crippen LogP contribution in [0.4, 0.5) is 4.39 Å². The molecule has 0 spiro atoms. The van der Waals surface area contributed by atoms with E-state index in [0.717, 1.165) is 33.6 Å². The summed E-state index contributed by atoms with van der Waals surface area (Å²) in [4.78, 5) is 0. The van der Waals surface area contributed by atoms with Crippen molar-refractivity contribution in [2.45, 2.75) is 6.42 Å². The Morgan fingerprint density at radius 3 is 2.65 bits per heavy atom. The lowest BCUT2D eigenvalue weighted by molar-refractivity contribution is 0.534. The molecule has 2 aromatic carbocycles. The van der Waals surface area contributed by atoms with E-state index in [1.807, 2.05) is 66.3 Å². The SMILES string of the molecule is Cn1cc(Cc2ccc(-c3ccccc3)o2)c2cc(F)ccc21. The molecule has 0 atom stereocenters. The van der Waals surface area contributed by atoms with Crippen LogP contribution in [0.25, 0.3) is 22.2 Å². The Kier molecular flexibility index (Phi) is 3.27.